The van der Waals surface area contributed by atoms with Gasteiger partial charge in [-0.2, -0.15) is 0 Å². The monoisotopic (exact) mass is 530 g/mol. The van der Waals surface area contributed by atoms with Gasteiger partial charge in [0.2, 0.25) is 0 Å². The molecule has 1 aliphatic heterocycles. The first-order valence-electron chi connectivity index (χ1n) is 10.9. The van der Waals surface area contributed by atoms with Crippen molar-refractivity contribution in [2.45, 2.75) is 58.9 Å². The number of rotatable bonds is 6. The summed E-state index contributed by atoms with van der Waals surface area (Å²) in [4.78, 5) is 0. The molecule has 0 spiro atoms. The molecule has 0 nitrogen and oxygen atoms in total. The second-order valence-electron chi connectivity index (χ2n) is 9.36. The average molecular weight is 533 g/mol. The first kappa shape index (κ1) is 24.2. The van der Waals surface area contributed by atoms with E-state index in [2.05, 4.69) is 87.6 Å². The van der Waals surface area contributed by atoms with Gasteiger partial charge in [0.15, 0.2) is 0 Å². The van der Waals surface area contributed by atoms with Gasteiger partial charge in [0.1, 0.15) is 0 Å². The van der Waals surface area contributed by atoms with Crippen LogP contribution < -0.4 is 24.8 Å². The molecule has 2 unspecified atom stereocenters. The van der Waals surface area contributed by atoms with Crippen LogP contribution in [-0.4, -0.2) is 8.07 Å². The van der Waals surface area contributed by atoms with Crippen molar-refractivity contribution in [1.29, 1.82) is 0 Å². The summed E-state index contributed by atoms with van der Waals surface area (Å²) in [5.41, 5.74) is 6.37. The summed E-state index contributed by atoms with van der Waals surface area (Å²) >= 11 is -0.640. The third-order valence-corrected chi connectivity index (χ3v) is 17.7. The van der Waals surface area contributed by atoms with Gasteiger partial charge in [0.05, 0.1) is 0 Å². The molecule has 0 saturated heterocycles. The van der Waals surface area contributed by atoms with Gasteiger partial charge >= 0.3 is 184 Å². The van der Waals surface area contributed by atoms with Crippen molar-refractivity contribution in [3.63, 3.8) is 0 Å². The zero-order valence-corrected chi connectivity index (χ0v) is 23.3. The van der Waals surface area contributed by atoms with Gasteiger partial charge in [-0.3, -0.25) is 0 Å². The van der Waals surface area contributed by atoms with Crippen molar-refractivity contribution in [3.8, 4) is 0 Å². The summed E-state index contributed by atoms with van der Waals surface area (Å²) in [5.74, 6) is 0.631. The molecule has 0 aromatic heterocycles. The average Bonchev–Trinajstić information content (AvgIpc) is 3.01. The Morgan fingerprint density at radius 2 is 1.53 bits per heavy atom. The number of halogens is 2. The molecule has 156 valence electrons. The third-order valence-electron chi connectivity index (χ3n) is 7.65. The van der Waals surface area contributed by atoms with Crippen LogP contribution in [0.2, 0.25) is 16.2 Å². The van der Waals surface area contributed by atoms with E-state index < -0.39 is 31.3 Å². The van der Waals surface area contributed by atoms with E-state index in [1.54, 1.807) is 16.7 Å². The fourth-order valence-corrected chi connectivity index (χ4v) is 18.1. The fourth-order valence-electron chi connectivity index (χ4n) is 5.80. The van der Waals surface area contributed by atoms with Crippen LogP contribution in [0.3, 0.4) is 0 Å². The first-order chi connectivity index (χ1) is 13.5. The largest absolute Gasteiger partial charge is 1.00 e. The summed E-state index contributed by atoms with van der Waals surface area (Å²) in [6.45, 7) is 10.1. The molecule has 5 rings (SSSR count). The number of hydrogen-bond donors (Lipinski definition) is 0. The Kier molecular flexibility index (Phi) is 7.16. The van der Waals surface area contributed by atoms with Crippen LogP contribution >= 0.6 is 0 Å². The van der Waals surface area contributed by atoms with E-state index in [9.17, 15) is 0 Å². The zero-order valence-electron chi connectivity index (χ0n) is 18.3. The van der Waals surface area contributed by atoms with Crippen LogP contribution in [0.4, 0.5) is 0 Å². The second kappa shape index (κ2) is 8.86. The molecule has 3 aliphatic rings. The van der Waals surface area contributed by atoms with Gasteiger partial charge in [0, 0.05) is 0 Å². The number of fused-ring (bicyclic) bond motifs is 3. The molecular weight excluding hydrogens is 503 g/mol. The Bertz CT molecular complexity index is 1000. The minimum Gasteiger partial charge on any atom is -1.00 e. The van der Waals surface area contributed by atoms with Gasteiger partial charge < -0.3 is 24.8 Å². The van der Waals surface area contributed by atoms with Gasteiger partial charge in [-0.25, -0.2) is 0 Å². The fraction of sp³-hybridized carbons (Fsp3) is 0.385. The van der Waals surface area contributed by atoms with E-state index >= 15 is 0 Å². The van der Waals surface area contributed by atoms with Crippen LogP contribution in [-0.2, 0) is 23.2 Å². The number of benzene rings is 2. The molecule has 1 heterocycles. The Labute approximate surface area is 207 Å². The predicted molar refractivity (Wildman–Crippen MR) is 120 cm³/mol. The number of allylic oxidation sites excluding steroid dienone is 2. The van der Waals surface area contributed by atoms with Crippen LogP contribution in [0.15, 0.2) is 59.8 Å². The summed E-state index contributed by atoms with van der Waals surface area (Å²) in [5, 5.41) is 3.79. The standard InChI is InChI=1S/C15H19.C11H11Si.2ClH.Zr/c1-3-12(4-2)11-14-10-9-13-7-5-6-8-15(13)14;1-12(2)10-7-8-5-3-4-6-9(8)11(10)12;;;/h5-10,14H,3-4,11H2,1-2H3;3-7H,1-2H3;2*1H;/q;;;;+2/p-2. The smallest absolute Gasteiger partial charge is 1.00 e. The van der Waals surface area contributed by atoms with Crippen LogP contribution in [0, 0.1) is 0 Å². The minimum atomic E-state index is -1.19. The molecule has 0 bridgehead atoms. The van der Waals surface area contributed by atoms with Crippen LogP contribution in [0.5, 0.6) is 0 Å². The summed E-state index contributed by atoms with van der Waals surface area (Å²) in [6.07, 6.45) is 8.93. The molecule has 0 N–H and O–H groups in total. The molecule has 0 saturated carbocycles. The van der Waals surface area contributed by atoms with Crippen LogP contribution in [0.25, 0.3) is 11.3 Å². The molecule has 2 aliphatic carbocycles. The molecule has 2 aromatic rings. The molecule has 2 atom stereocenters. The minimum absolute atomic E-state index is 0. The summed E-state index contributed by atoms with van der Waals surface area (Å²) in [7, 11) is -1.19. The van der Waals surface area contributed by atoms with E-state index in [-0.39, 0.29) is 24.8 Å². The Balaban J connectivity index is 0.00000128. The normalized spacial score (nSPS) is 21.7. The Morgan fingerprint density at radius 1 is 0.900 bits per heavy atom. The van der Waals surface area contributed by atoms with Gasteiger partial charge in [-0.15, -0.1) is 0 Å². The van der Waals surface area contributed by atoms with Crippen molar-refractivity contribution in [2.75, 3.05) is 0 Å². The number of hydrogen-bond acceptors (Lipinski definition) is 0. The predicted octanol–water partition coefficient (Wildman–Crippen LogP) is 1.57. The van der Waals surface area contributed by atoms with Gasteiger partial charge in [0.25, 0.3) is 0 Å². The van der Waals surface area contributed by atoms with Crippen molar-refractivity contribution < 1.29 is 48.0 Å². The maximum atomic E-state index is 2.59. The van der Waals surface area contributed by atoms with Gasteiger partial charge in [-0.05, 0) is 0 Å². The quantitative estimate of drug-likeness (QED) is 0.496. The van der Waals surface area contributed by atoms with E-state index in [0.717, 1.165) is 3.63 Å². The Morgan fingerprint density at radius 3 is 2.23 bits per heavy atom. The molecule has 0 amide bonds. The molecule has 30 heavy (non-hydrogen) atoms. The van der Waals surface area contributed by atoms with E-state index in [1.165, 1.54) is 24.8 Å². The molecular formula is C26H30Cl2SiZr. The third kappa shape index (κ3) is 3.71. The van der Waals surface area contributed by atoms with E-state index in [1.807, 2.05) is 10.4 Å². The van der Waals surface area contributed by atoms with Crippen molar-refractivity contribution in [2.24, 2.45) is 0 Å². The molecule has 0 fully saturated rings. The van der Waals surface area contributed by atoms with Crippen molar-refractivity contribution >= 4 is 19.3 Å². The van der Waals surface area contributed by atoms with E-state index in [4.69, 9.17) is 0 Å². The van der Waals surface area contributed by atoms with Crippen molar-refractivity contribution in [1.82, 2.24) is 0 Å². The SMILES string of the molecule is CC[C](CC)(CC1C=Cc2ccccc21)[Zr+2][CH]1C2=C(c3ccccc31)[Si]2(C)C.[Cl-].[Cl-]. The van der Waals surface area contributed by atoms with Crippen LogP contribution in [0.1, 0.15) is 64.9 Å². The topological polar surface area (TPSA) is 0 Å². The Hall–Kier alpha value is -0.400. The first-order valence-corrected chi connectivity index (χ1v) is 16.5. The summed E-state index contributed by atoms with van der Waals surface area (Å²) < 4.78 is 1.44. The maximum Gasteiger partial charge on any atom is -1.00 e. The molecule has 4 heteroatoms. The zero-order chi connectivity index (χ0) is 19.5. The summed E-state index contributed by atoms with van der Waals surface area (Å²) in [6, 6.07) is 18.5. The second-order valence-corrected chi connectivity index (χ2v) is 18.4. The van der Waals surface area contributed by atoms with E-state index in [0.29, 0.717) is 9.04 Å². The molecule has 2 aromatic carbocycles. The van der Waals surface area contributed by atoms with Gasteiger partial charge in [-0.1, -0.05) is 0 Å². The molecule has 0 radical (unpaired) electrons. The maximum absolute atomic E-state index is 2.59. The van der Waals surface area contributed by atoms with Crippen molar-refractivity contribution in [3.05, 3.63) is 82.1 Å².